The molecule has 2 aromatic heterocycles. The van der Waals surface area contributed by atoms with Gasteiger partial charge in [-0.3, -0.25) is 0 Å². The SMILES string of the molecule is CC(Sc1nn(-c2ccccc2)c(=S)s1)/C(O)=C(\C#N)c1nc2ccccc2[nH]1. The van der Waals surface area contributed by atoms with E-state index in [9.17, 15) is 10.4 Å². The Labute approximate surface area is 180 Å². The second kappa shape index (κ2) is 8.21. The van der Waals surface area contributed by atoms with Crippen LogP contribution in [-0.2, 0) is 0 Å². The monoisotopic (exact) mass is 437 g/mol. The fourth-order valence-corrected chi connectivity index (χ4v) is 5.32. The zero-order chi connectivity index (χ0) is 20.4. The van der Waals surface area contributed by atoms with Crippen LogP contribution in [0.4, 0.5) is 0 Å². The summed E-state index contributed by atoms with van der Waals surface area (Å²) in [6, 6.07) is 19.2. The number of aliphatic hydroxyl groups is 1. The van der Waals surface area contributed by atoms with E-state index in [0.717, 1.165) is 16.7 Å². The van der Waals surface area contributed by atoms with Gasteiger partial charge < -0.3 is 10.1 Å². The lowest BCUT2D eigenvalue weighted by molar-refractivity contribution is 0.402. The molecule has 6 nitrogen and oxygen atoms in total. The molecule has 1 atom stereocenters. The molecular formula is C20H15N5OS3. The van der Waals surface area contributed by atoms with Gasteiger partial charge in [0.2, 0.25) is 0 Å². The van der Waals surface area contributed by atoms with Crippen molar-refractivity contribution in [2.75, 3.05) is 0 Å². The Hall–Kier alpha value is -2.93. The number of nitriles is 1. The number of benzene rings is 2. The number of hydrogen-bond acceptors (Lipinski definition) is 7. The summed E-state index contributed by atoms with van der Waals surface area (Å²) in [5.74, 6) is 0.296. The maximum Gasteiger partial charge on any atom is 0.184 e. The van der Waals surface area contributed by atoms with Crippen LogP contribution in [-0.4, -0.2) is 30.1 Å². The summed E-state index contributed by atoms with van der Waals surface area (Å²) < 4.78 is 3.02. The standard InChI is InChI=1S/C20H15N5OS3/c1-12(28-19-24-25(20(27)29-19)13-7-3-2-4-8-13)17(26)14(11-21)18-22-15-9-5-6-10-16(15)23-18/h2-10,12,26H,1H3,(H,22,23)/b17-14-. The highest BCUT2D eigenvalue weighted by Gasteiger charge is 2.20. The molecule has 0 spiro atoms. The summed E-state index contributed by atoms with van der Waals surface area (Å²) in [4.78, 5) is 7.50. The van der Waals surface area contributed by atoms with Gasteiger partial charge in [0, 0.05) is 0 Å². The summed E-state index contributed by atoms with van der Waals surface area (Å²) in [7, 11) is 0. The molecule has 0 aliphatic rings. The molecule has 2 N–H and O–H groups in total. The van der Waals surface area contributed by atoms with E-state index in [0.29, 0.717) is 14.1 Å². The van der Waals surface area contributed by atoms with Gasteiger partial charge in [0.15, 0.2) is 14.1 Å². The molecule has 0 bridgehead atoms. The topological polar surface area (TPSA) is 90.5 Å². The minimum Gasteiger partial charge on any atom is -0.510 e. The molecular weight excluding hydrogens is 422 g/mol. The number of aliphatic hydroxyl groups excluding tert-OH is 1. The highest BCUT2D eigenvalue weighted by atomic mass is 32.2. The van der Waals surface area contributed by atoms with Crippen molar-refractivity contribution in [3.63, 3.8) is 0 Å². The Morgan fingerprint density at radius 1 is 1.24 bits per heavy atom. The Balaban J connectivity index is 1.62. The molecule has 2 heterocycles. The van der Waals surface area contributed by atoms with Crippen LogP contribution in [0.25, 0.3) is 22.3 Å². The largest absolute Gasteiger partial charge is 0.510 e. The maximum absolute atomic E-state index is 10.7. The molecule has 0 radical (unpaired) electrons. The number of para-hydroxylation sites is 3. The molecule has 0 saturated heterocycles. The van der Waals surface area contributed by atoms with Gasteiger partial charge in [0.1, 0.15) is 17.4 Å². The van der Waals surface area contributed by atoms with Crippen molar-refractivity contribution in [1.29, 1.82) is 5.26 Å². The molecule has 0 amide bonds. The number of aromatic nitrogens is 4. The molecule has 1 unspecified atom stereocenters. The lowest BCUT2D eigenvalue weighted by atomic mass is 10.2. The first-order valence-corrected chi connectivity index (χ1v) is 10.8. The first-order valence-electron chi connectivity index (χ1n) is 8.67. The van der Waals surface area contributed by atoms with Crippen molar-refractivity contribution < 1.29 is 5.11 Å². The number of aromatic amines is 1. The average molecular weight is 438 g/mol. The summed E-state index contributed by atoms with van der Waals surface area (Å²) >= 11 is 8.13. The van der Waals surface area contributed by atoms with Gasteiger partial charge in [-0.25, -0.2) is 9.67 Å². The smallest absolute Gasteiger partial charge is 0.184 e. The zero-order valence-corrected chi connectivity index (χ0v) is 17.7. The third-order valence-corrected chi connectivity index (χ3v) is 6.61. The minimum atomic E-state index is -0.400. The Bertz CT molecular complexity index is 1260. The molecule has 2 aromatic carbocycles. The van der Waals surface area contributed by atoms with E-state index in [-0.39, 0.29) is 11.3 Å². The molecule has 0 saturated carbocycles. The predicted octanol–water partition coefficient (Wildman–Crippen LogP) is 5.51. The van der Waals surface area contributed by atoms with Crippen LogP contribution in [0.2, 0.25) is 0 Å². The fraction of sp³-hybridized carbons (Fsp3) is 0.100. The number of H-pyrrole nitrogens is 1. The minimum absolute atomic E-state index is 0.0519. The number of imidazole rings is 1. The van der Waals surface area contributed by atoms with Gasteiger partial charge >= 0.3 is 0 Å². The van der Waals surface area contributed by atoms with Gasteiger partial charge in [-0.15, -0.1) is 5.10 Å². The van der Waals surface area contributed by atoms with E-state index in [2.05, 4.69) is 21.1 Å². The van der Waals surface area contributed by atoms with E-state index in [1.54, 1.807) is 4.68 Å². The van der Waals surface area contributed by atoms with Gasteiger partial charge in [-0.1, -0.05) is 53.4 Å². The van der Waals surface area contributed by atoms with Crippen molar-refractivity contribution in [1.82, 2.24) is 19.7 Å². The van der Waals surface area contributed by atoms with Gasteiger partial charge in [0.05, 0.1) is 22.0 Å². The summed E-state index contributed by atoms with van der Waals surface area (Å²) in [6.45, 7) is 1.82. The van der Waals surface area contributed by atoms with Crippen LogP contribution in [0.1, 0.15) is 12.7 Å². The lowest BCUT2D eigenvalue weighted by Gasteiger charge is -2.09. The molecule has 9 heteroatoms. The summed E-state index contributed by atoms with van der Waals surface area (Å²) in [6.07, 6.45) is 0. The van der Waals surface area contributed by atoms with Crippen LogP contribution in [0.5, 0.6) is 0 Å². The van der Waals surface area contributed by atoms with E-state index in [4.69, 9.17) is 12.2 Å². The second-order valence-corrected chi connectivity index (χ2v) is 9.33. The molecule has 29 heavy (non-hydrogen) atoms. The molecule has 0 aliphatic carbocycles. The highest BCUT2D eigenvalue weighted by molar-refractivity contribution is 8.01. The van der Waals surface area contributed by atoms with Crippen LogP contribution in [0, 0.1) is 15.3 Å². The van der Waals surface area contributed by atoms with Crippen molar-refractivity contribution in [3.8, 4) is 11.8 Å². The van der Waals surface area contributed by atoms with Gasteiger partial charge in [-0.05, 0) is 43.4 Å². The Morgan fingerprint density at radius 3 is 2.69 bits per heavy atom. The normalized spacial score (nSPS) is 13.1. The maximum atomic E-state index is 10.7. The van der Waals surface area contributed by atoms with E-state index >= 15 is 0 Å². The first kappa shape index (κ1) is 19.4. The molecule has 0 aliphatic heterocycles. The lowest BCUT2D eigenvalue weighted by Crippen LogP contribution is -2.05. The van der Waals surface area contributed by atoms with Gasteiger partial charge in [0.25, 0.3) is 0 Å². The molecule has 4 rings (SSSR count). The average Bonchev–Trinajstić information content (AvgIpc) is 3.32. The summed E-state index contributed by atoms with van der Waals surface area (Å²) in [5, 5.41) is 24.5. The van der Waals surface area contributed by atoms with Crippen molar-refractivity contribution in [3.05, 3.63) is 70.1 Å². The number of thioether (sulfide) groups is 1. The third kappa shape index (κ3) is 3.96. The van der Waals surface area contributed by atoms with Crippen LogP contribution in [0.15, 0.2) is 64.7 Å². The van der Waals surface area contributed by atoms with Crippen LogP contribution in [0.3, 0.4) is 0 Å². The molecule has 144 valence electrons. The number of nitrogens with zero attached hydrogens (tertiary/aromatic N) is 4. The molecule has 4 aromatic rings. The zero-order valence-electron chi connectivity index (χ0n) is 15.2. The molecule has 0 fully saturated rings. The predicted molar refractivity (Wildman–Crippen MR) is 119 cm³/mol. The second-order valence-electron chi connectivity index (χ2n) is 6.12. The van der Waals surface area contributed by atoms with Crippen LogP contribution >= 0.6 is 35.3 Å². The van der Waals surface area contributed by atoms with Crippen molar-refractivity contribution in [2.24, 2.45) is 0 Å². The van der Waals surface area contributed by atoms with Crippen molar-refractivity contribution >= 4 is 51.9 Å². The number of allylic oxidation sites excluding steroid dienone is 1. The Morgan fingerprint density at radius 2 is 1.97 bits per heavy atom. The van der Waals surface area contributed by atoms with E-state index in [1.165, 1.54) is 23.1 Å². The number of nitrogens with one attached hydrogen (secondary N) is 1. The summed E-state index contributed by atoms with van der Waals surface area (Å²) in [5.41, 5.74) is 2.55. The number of fused-ring (bicyclic) bond motifs is 1. The van der Waals surface area contributed by atoms with Crippen molar-refractivity contribution in [2.45, 2.75) is 16.5 Å². The number of hydrogen-bond donors (Lipinski definition) is 2. The number of rotatable bonds is 5. The van der Waals surface area contributed by atoms with E-state index < -0.39 is 5.25 Å². The third-order valence-electron chi connectivity index (χ3n) is 4.19. The Kier molecular flexibility index (Phi) is 5.49. The first-order chi connectivity index (χ1) is 14.1. The van der Waals surface area contributed by atoms with E-state index in [1.807, 2.05) is 61.5 Å². The quantitative estimate of drug-likeness (QED) is 0.185. The highest BCUT2D eigenvalue weighted by Crippen LogP contribution is 2.32. The van der Waals surface area contributed by atoms with Crippen LogP contribution < -0.4 is 0 Å². The van der Waals surface area contributed by atoms with Gasteiger partial charge in [-0.2, -0.15) is 5.26 Å². The fourth-order valence-electron chi connectivity index (χ4n) is 2.75.